The first-order valence-corrected chi connectivity index (χ1v) is 6.02. The van der Waals surface area contributed by atoms with Gasteiger partial charge in [-0.25, -0.2) is 4.39 Å². The molecule has 108 valence electrons. The predicted molar refractivity (Wildman–Crippen MR) is 70.9 cm³/mol. The van der Waals surface area contributed by atoms with Crippen molar-refractivity contribution >= 4 is 23.0 Å². The van der Waals surface area contributed by atoms with Crippen LogP contribution in [0.3, 0.4) is 0 Å². The summed E-state index contributed by atoms with van der Waals surface area (Å²) in [6, 6.07) is 8.05. The van der Waals surface area contributed by atoms with Gasteiger partial charge in [0.15, 0.2) is 0 Å². The molecule has 0 spiro atoms. The average Bonchev–Trinajstić information content (AvgIpc) is 2.41. The third kappa shape index (κ3) is 3.44. The molecule has 0 aliphatic rings. The van der Waals surface area contributed by atoms with Gasteiger partial charge in [-0.05, 0) is 36.4 Å². The topological polar surface area (TPSA) is 35.8 Å². The van der Waals surface area contributed by atoms with Gasteiger partial charge in [0, 0.05) is 5.02 Å². The molecule has 0 heterocycles. The second kappa shape index (κ2) is 5.62. The smallest absolute Gasteiger partial charge is 0.352 e. The highest BCUT2D eigenvalue weighted by atomic mass is 35.5. The van der Waals surface area contributed by atoms with Gasteiger partial charge in [0.05, 0.1) is 22.5 Å². The van der Waals surface area contributed by atoms with Crippen molar-refractivity contribution < 1.29 is 17.6 Å². The Morgan fingerprint density at radius 2 is 1.71 bits per heavy atom. The molecule has 0 fully saturated rings. The summed E-state index contributed by atoms with van der Waals surface area (Å²) in [5.41, 5.74) is -1.09. The van der Waals surface area contributed by atoms with Gasteiger partial charge in [-0.15, -0.1) is 0 Å². The van der Waals surface area contributed by atoms with Crippen molar-refractivity contribution in [2.45, 2.75) is 6.18 Å². The normalized spacial score (nSPS) is 11.0. The fourth-order valence-electron chi connectivity index (χ4n) is 1.66. The molecule has 7 heteroatoms. The van der Waals surface area contributed by atoms with Crippen molar-refractivity contribution in [1.82, 2.24) is 0 Å². The Morgan fingerprint density at radius 3 is 2.29 bits per heavy atom. The van der Waals surface area contributed by atoms with E-state index in [1.165, 1.54) is 12.1 Å². The quantitative estimate of drug-likeness (QED) is 0.782. The van der Waals surface area contributed by atoms with Crippen LogP contribution in [0.25, 0.3) is 0 Å². The summed E-state index contributed by atoms with van der Waals surface area (Å²) in [6.45, 7) is 0. The Balaban J connectivity index is 2.39. The minimum Gasteiger partial charge on any atom is -0.352 e. The van der Waals surface area contributed by atoms with Crippen molar-refractivity contribution in [2.24, 2.45) is 0 Å². The SMILES string of the molecule is N#Cc1cc(C(F)(F)F)ccc1Nc1ccc(Cl)cc1F. The Labute approximate surface area is 122 Å². The number of hydrogen-bond donors (Lipinski definition) is 1. The van der Waals surface area contributed by atoms with Gasteiger partial charge in [0.1, 0.15) is 11.9 Å². The lowest BCUT2D eigenvalue weighted by Crippen LogP contribution is -2.06. The van der Waals surface area contributed by atoms with Gasteiger partial charge in [-0.2, -0.15) is 18.4 Å². The molecule has 0 atom stereocenters. The van der Waals surface area contributed by atoms with E-state index in [2.05, 4.69) is 5.32 Å². The highest BCUT2D eigenvalue weighted by Crippen LogP contribution is 2.33. The van der Waals surface area contributed by atoms with Crippen LogP contribution in [0.4, 0.5) is 28.9 Å². The zero-order valence-electron chi connectivity index (χ0n) is 10.3. The molecule has 0 aliphatic carbocycles. The Hall–Kier alpha value is -2.26. The summed E-state index contributed by atoms with van der Waals surface area (Å²) < 4.78 is 51.3. The van der Waals surface area contributed by atoms with Crippen LogP contribution in [0.5, 0.6) is 0 Å². The maximum absolute atomic E-state index is 13.6. The van der Waals surface area contributed by atoms with Crippen LogP contribution in [0.1, 0.15) is 11.1 Å². The lowest BCUT2D eigenvalue weighted by atomic mass is 10.1. The number of rotatable bonds is 2. The molecule has 0 aromatic heterocycles. The van der Waals surface area contributed by atoms with Crippen LogP contribution in [-0.2, 0) is 6.18 Å². The monoisotopic (exact) mass is 314 g/mol. The van der Waals surface area contributed by atoms with Crippen molar-refractivity contribution in [3.63, 3.8) is 0 Å². The molecule has 0 unspecified atom stereocenters. The molecule has 2 aromatic carbocycles. The molecule has 0 radical (unpaired) electrons. The fourth-order valence-corrected chi connectivity index (χ4v) is 1.82. The lowest BCUT2D eigenvalue weighted by Gasteiger charge is -2.12. The maximum Gasteiger partial charge on any atom is 0.416 e. The standard InChI is InChI=1S/C14H7ClF4N2/c15-10-2-4-13(11(16)6-10)21-12-3-1-9(14(17,18)19)5-8(12)7-20/h1-6,21H. The fraction of sp³-hybridized carbons (Fsp3) is 0.0714. The first kappa shape index (κ1) is 15.1. The molecule has 0 bridgehead atoms. The summed E-state index contributed by atoms with van der Waals surface area (Å²) >= 11 is 5.60. The Kier molecular flexibility index (Phi) is 4.05. The van der Waals surface area contributed by atoms with Crippen LogP contribution < -0.4 is 5.32 Å². The highest BCUT2D eigenvalue weighted by Gasteiger charge is 2.31. The molecule has 0 amide bonds. The van der Waals surface area contributed by atoms with Gasteiger partial charge in [0.2, 0.25) is 0 Å². The number of anilines is 2. The Morgan fingerprint density at radius 1 is 1.05 bits per heavy atom. The first-order chi connectivity index (χ1) is 9.81. The molecule has 0 saturated heterocycles. The summed E-state index contributed by atoms with van der Waals surface area (Å²) in [4.78, 5) is 0. The van der Waals surface area contributed by atoms with Crippen molar-refractivity contribution in [3.8, 4) is 6.07 Å². The number of alkyl halides is 3. The zero-order valence-corrected chi connectivity index (χ0v) is 11.1. The van der Waals surface area contributed by atoms with E-state index in [4.69, 9.17) is 16.9 Å². The van der Waals surface area contributed by atoms with E-state index in [0.717, 1.165) is 18.2 Å². The van der Waals surface area contributed by atoms with Gasteiger partial charge in [0.25, 0.3) is 0 Å². The maximum atomic E-state index is 13.6. The molecular weight excluding hydrogens is 308 g/mol. The number of nitrogens with one attached hydrogen (secondary N) is 1. The van der Waals surface area contributed by atoms with Crippen molar-refractivity contribution in [2.75, 3.05) is 5.32 Å². The van der Waals surface area contributed by atoms with Gasteiger partial charge < -0.3 is 5.32 Å². The lowest BCUT2D eigenvalue weighted by molar-refractivity contribution is -0.137. The second-order valence-corrected chi connectivity index (χ2v) is 4.56. The van der Waals surface area contributed by atoms with Crippen LogP contribution in [-0.4, -0.2) is 0 Å². The largest absolute Gasteiger partial charge is 0.416 e. The van der Waals surface area contributed by atoms with Crippen LogP contribution >= 0.6 is 11.6 Å². The van der Waals surface area contributed by atoms with E-state index in [-0.39, 0.29) is 22.0 Å². The summed E-state index contributed by atoms with van der Waals surface area (Å²) in [6.07, 6.45) is -4.55. The molecule has 0 saturated carbocycles. The van der Waals surface area contributed by atoms with Crippen molar-refractivity contribution in [1.29, 1.82) is 5.26 Å². The van der Waals surface area contributed by atoms with E-state index in [1.807, 2.05) is 0 Å². The number of nitrogens with zero attached hydrogens (tertiary/aromatic N) is 1. The summed E-state index contributed by atoms with van der Waals surface area (Å²) in [5, 5.41) is 11.7. The minimum absolute atomic E-state index is 0.00987. The van der Waals surface area contributed by atoms with Crippen LogP contribution in [0.15, 0.2) is 36.4 Å². The molecule has 2 nitrogen and oxygen atoms in total. The van der Waals surface area contributed by atoms with Crippen molar-refractivity contribution in [3.05, 3.63) is 58.4 Å². The summed E-state index contributed by atoms with van der Waals surface area (Å²) in [5.74, 6) is -0.675. The number of hydrogen-bond acceptors (Lipinski definition) is 2. The number of halogens is 5. The third-order valence-electron chi connectivity index (χ3n) is 2.67. The molecule has 2 aromatic rings. The Bertz CT molecular complexity index is 720. The molecule has 0 aliphatic heterocycles. The zero-order chi connectivity index (χ0) is 15.6. The molecule has 21 heavy (non-hydrogen) atoms. The molecule has 2 rings (SSSR count). The number of nitriles is 1. The van der Waals surface area contributed by atoms with E-state index < -0.39 is 17.6 Å². The third-order valence-corrected chi connectivity index (χ3v) is 2.90. The van der Waals surface area contributed by atoms with Crippen LogP contribution in [0.2, 0.25) is 5.02 Å². The van der Waals surface area contributed by atoms with E-state index in [0.29, 0.717) is 6.07 Å². The van der Waals surface area contributed by atoms with E-state index >= 15 is 0 Å². The van der Waals surface area contributed by atoms with E-state index in [9.17, 15) is 17.6 Å². The predicted octanol–water partition coefficient (Wildman–Crippen LogP) is 5.11. The van der Waals surface area contributed by atoms with Gasteiger partial charge in [-0.1, -0.05) is 11.6 Å². The van der Waals surface area contributed by atoms with Gasteiger partial charge >= 0.3 is 6.18 Å². The highest BCUT2D eigenvalue weighted by molar-refractivity contribution is 6.30. The minimum atomic E-state index is -4.55. The molecular formula is C14H7ClF4N2. The first-order valence-electron chi connectivity index (χ1n) is 5.64. The second-order valence-electron chi connectivity index (χ2n) is 4.12. The van der Waals surface area contributed by atoms with Gasteiger partial charge in [-0.3, -0.25) is 0 Å². The number of benzene rings is 2. The molecule has 1 N–H and O–H groups in total. The summed E-state index contributed by atoms with van der Waals surface area (Å²) in [7, 11) is 0. The van der Waals surface area contributed by atoms with E-state index in [1.54, 1.807) is 6.07 Å². The van der Waals surface area contributed by atoms with Crippen LogP contribution in [0, 0.1) is 17.1 Å². The average molecular weight is 315 g/mol.